The Bertz CT molecular complexity index is 515. The van der Waals surface area contributed by atoms with E-state index in [1.807, 2.05) is 5.41 Å². The van der Waals surface area contributed by atoms with Crippen LogP contribution >= 0.6 is 11.8 Å². The van der Waals surface area contributed by atoms with E-state index in [0.29, 0.717) is 11.5 Å². The highest BCUT2D eigenvalue weighted by Gasteiger charge is 2.15. The van der Waals surface area contributed by atoms with Crippen LogP contribution in [0.15, 0.2) is 23.1 Å². The van der Waals surface area contributed by atoms with Crippen molar-refractivity contribution in [2.75, 3.05) is 0 Å². The van der Waals surface area contributed by atoms with E-state index in [0.717, 1.165) is 10.5 Å². The number of imidazole rings is 1. The molecule has 64 valence electrons. The van der Waals surface area contributed by atoms with Crippen LogP contribution in [0.1, 0.15) is 0 Å². The van der Waals surface area contributed by atoms with Gasteiger partial charge in [-0.2, -0.15) is 0 Å². The van der Waals surface area contributed by atoms with Crippen LogP contribution in [0.5, 0.6) is 0 Å². The summed E-state index contributed by atoms with van der Waals surface area (Å²) in [5.41, 5.74) is 7.34. The fraction of sp³-hybridized carbons (Fsp3) is 0. The maximum Gasteiger partial charge on any atom is 0.182 e. The number of hydrogen-bond acceptors (Lipinski definition) is 5. The van der Waals surface area contributed by atoms with Crippen LogP contribution in [0.2, 0.25) is 0 Å². The Kier molecular flexibility index (Phi) is 1.18. The van der Waals surface area contributed by atoms with Crippen molar-refractivity contribution in [3.63, 3.8) is 0 Å². The Balaban J connectivity index is 2.51. The van der Waals surface area contributed by atoms with E-state index in [1.165, 1.54) is 18.1 Å². The van der Waals surface area contributed by atoms with Crippen molar-refractivity contribution < 1.29 is 0 Å². The molecule has 5 nitrogen and oxygen atoms in total. The van der Waals surface area contributed by atoms with Crippen molar-refractivity contribution >= 4 is 28.7 Å². The monoisotopic (exact) mass is 191 g/mol. The van der Waals surface area contributed by atoms with E-state index < -0.39 is 0 Å². The first-order valence-corrected chi connectivity index (χ1v) is 4.55. The van der Waals surface area contributed by atoms with Gasteiger partial charge in [-0.05, 0) is 0 Å². The molecular weight excluding hydrogens is 186 g/mol. The molecule has 0 aromatic carbocycles. The summed E-state index contributed by atoms with van der Waals surface area (Å²) < 4.78 is 1.79. The summed E-state index contributed by atoms with van der Waals surface area (Å²) in [5, 5.41) is 2.74. The number of aromatic nitrogens is 4. The number of thioether (sulfide) groups is 1. The van der Waals surface area contributed by atoms with Gasteiger partial charge in [0.15, 0.2) is 5.65 Å². The summed E-state index contributed by atoms with van der Waals surface area (Å²) in [6.45, 7) is 0. The van der Waals surface area contributed by atoms with Crippen LogP contribution in [0.3, 0.4) is 0 Å². The molecule has 2 N–H and O–H groups in total. The van der Waals surface area contributed by atoms with Crippen LogP contribution in [0, 0.1) is 0 Å². The summed E-state index contributed by atoms with van der Waals surface area (Å²) in [5.74, 6) is 0.662. The third-order valence-electron chi connectivity index (χ3n) is 1.88. The van der Waals surface area contributed by atoms with Crippen molar-refractivity contribution in [1.82, 2.24) is 19.5 Å². The lowest BCUT2D eigenvalue weighted by Crippen LogP contribution is -2.07. The molecule has 0 saturated heterocycles. The molecule has 0 bridgehead atoms. The first-order valence-electron chi connectivity index (χ1n) is 3.67. The van der Waals surface area contributed by atoms with Gasteiger partial charge in [0.1, 0.15) is 29.0 Å². The maximum atomic E-state index is 5.76. The van der Waals surface area contributed by atoms with Gasteiger partial charge in [-0.15, -0.1) is 0 Å². The molecule has 3 heterocycles. The molecule has 0 radical (unpaired) electrons. The zero-order chi connectivity index (χ0) is 8.84. The van der Waals surface area contributed by atoms with Gasteiger partial charge in [-0.25, -0.2) is 15.0 Å². The van der Waals surface area contributed by atoms with Crippen molar-refractivity contribution in [3.8, 4) is 0 Å². The molecule has 0 saturated carbocycles. The van der Waals surface area contributed by atoms with E-state index in [1.54, 1.807) is 10.9 Å². The highest BCUT2D eigenvalue weighted by Crippen LogP contribution is 2.30. The SMILES string of the molecule is NC1=CSc2ncnc3ncn1c23. The fourth-order valence-corrected chi connectivity index (χ4v) is 2.04. The van der Waals surface area contributed by atoms with Gasteiger partial charge in [-0.1, -0.05) is 11.8 Å². The van der Waals surface area contributed by atoms with Gasteiger partial charge >= 0.3 is 0 Å². The Morgan fingerprint density at radius 2 is 2.23 bits per heavy atom. The third kappa shape index (κ3) is 0.803. The second kappa shape index (κ2) is 2.23. The molecular formula is C7H5N5S. The first-order chi connectivity index (χ1) is 6.36. The number of hydrogen-bond donors (Lipinski definition) is 1. The Labute approximate surface area is 77.7 Å². The summed E-state index contributed by atoms with van der Waals surface area (Å²) >= 11 is 1.49. The predicted molar refractivity (Wildman–Crippen MR) is 49.6 cm³/mol. The molecule has 1 aliphatic rings. The van der Waals surface area contributed by atoms with E-state index in [9.17, 15) is 0 Å². The molecule has 0 amide bonds. The second-order valence-corrected chi connectivity index (χ2v) is 3.48. The average molecular weight is 191 g/mol. The van der Waals surface area contributed by atoms with E-state index in [2.05, 4.69) is 15.0 Å². The zero-order valence-corrected chi connectivity index (χ0v) is 7.32. The lowest BCUT2D eigenvalue weighted by Gasteiger charge is -2.10. The molecule has 6 heteroatoms. The van der Waals surface area contributed by atoms with Gasteiger partial charge in [0.05, 0.1) is 0 Å². The van der Waals surface area contributed by atoms with Crippen molar-refractivity contribution in [2.45, 2.75) is 5.03 Å². The first kappa shape index (κ1) is 6.90. The van der Waals surface area contributed by atoms with Crippen LogP contribution < -0.4 is 5.73 Å². The average Bonchev–Trinajstić information content (AvgIpc) is 2.57. The normalized spacial score (nSPS) is 14.6. The van der Waals surface area contributed by atoms with Crippen LogP contribution in [-0.2, 0) is 0 Å². The van der Waals surface area contributed by atoms with Gasteiger partial charge in [0, 0.05) is 5.41 Å². The molecule has 0 unspecified atom stereocenters. The summed E-state index contributed by atoms with van der Waals surface area (Å²) in [7, 11) is 0. The molecule has 2 aromatic rings. The number of nitrogens with two attached hydrogens (primary N) is 1. The number of nitrogens with zero attached hydrogens (tertiary/aromatic N) is 4. The standard InChI is InChI=1S/C7H5N5S/c8-4-1-13-7-5-6(9-2-10-7)11-3-12(4)5/h1-3H,8H2. The second-order valence-electron chi connectivity index (χ2n) is 2.63. The molecule has 13 heavy (non-hydrogen) atoms. The van der Waals surface area contributed by atoms with Crippen LogP contribution in [-0.4, -0.2) is 19.5 Å². The van der Waals surface area contributed by atoms with Crippen LogP contribution in [0.4, 0.5) is 0 Å². The van der Waals surface area contributed by atoms with E-state index >= 15 is 0 Å². The molecule has 0 spiro atoms. The molecule has 0 aliphatic carbocycles. The summed E-state index contributed by atoms with van der Waals surface area (Å²) in [4.78, 5) is 12.3. The highest BCUT2D eigenvalue weighted by atomic mass is 32.2. The quantitative estimate of drug-likeness (QED) is 0.619. The molecule has 0 fully saturated rings. The van der Waals surface area contributed by atoms with Crippen LogP contribution in [0.25, 0.3) is 17.0 Å². The number of rotatable bonds is 0. The van der Waals surface area contributed by atoms with Gasteiger partial charge in [-0.3, -0.25) is 4.57 Å². The summed E-state index contributed by atoms with van der Waals surface area (Å²) in [6, 6.07) is 0. The van der Waals surface area contributed by atoms with E-state index in [4.69, 9.17) is 5.73 Å². The third-order valence-corrected chi connectivity index (χ3v) is 2.76. The highest BCUT2D eigenvalue weighted by molar-refractivity contribution is 8.02. The van der Waals surface area contributed by atoms with Gasteiger partial charge in [0.25, 0.3) is 0 Å². The van der Waals surface area contributed by atoms with Gasteiger partial charge in [0.2, 0.25) is 0 Å². The molecule has 1 aliphatic heterocycles. The van der Waals surface area contributed by atoms with Gasteiger partial charge < -0.3 is 5.73 Å². The Hall–Kier alpha value is -1.56. The smallest absolute Gasteiger partial charge is 0.182 e. The van der Waals surface area contributed by atoms with Crippen molar-refractivity contribution in [1.29, 1.82) is 0 Å². The minimum absolute atomic E-state index is 0.662. The Morgan fingerprint density at radius 3 is 3.15 bits per heavy atom. The van der Waals surface area contributed by atoms with Crippen molar-refractivity contribution in [2.24, 2.45) is 5.73 Å². The predicted octanol–water partition coefficient (Wildman–Crippen LogP) is 0.647. The van der Waals surface area contributed by atoms with E-state index in [-0.39, 0.29) is 0 Å². The zero-order valence-electron chi connectivity index (χ0n) is 6.51. The lowest BCUT2D eigenvalue weighted by molar-refractivity contribution is 1.03. The lowest BCUT2D eigenvalue weighted by atomic mass is 10.5. The minimum Gasteiger partial charge on any atom is -0.384 e. The maximum absolute atomic E-state index is 5.76. The minimum atomic E-state index is 0.662. The molecule has 0 atom stereocenters. The largest absolute Gasteiger partial charge is 0.384 e. The van der Waals surface area contributed by atoms with Crippen molar-refractivity contribution in [3.05, 3.63) is 18.1 Å². The molecule has 2 aromatic heterocycles. The summed E-state index contributed by atoms with van der Waals surface area (Å²) in [6.07, 6.45) is 3.17. The fourth-order valence-electron chi connectivity index (χ4n) is 1.28. The molecule has 3 rings (SSSR count). The Morgan fingerprint density at radius 1 is 1.31 bits per heavy atom. The topological polar surface area (TPSA) is 69.6 Å².